The topological polar surface area (TPSA) is 96.6 Å². The maximum absolute atomic E-state index is 14.0. The molecule has 2 aromatic heterocycles. The average molecular weight is 493 g/mol. The Labute approximate surface area is 196 Å². The molecule has 0 unspecified atom stereocenters. The van der Waals surface area contributed by atoms with E-state index in [9.17, 15) is 17.6 Å². The first-order chi connectivity index (χ1) is 15.9. The van der Waals surface area contributed by atoms with Gasteiger partial charge >= 0.3 is 0 Å². The standard InChI is InChI=1S/C22H25FN4O4S2/c1-2-11-26(15-20-24-25-21(31-20)18-7-5-14-32-18)22(28)16-9-12-27(13-10-16)33(29,30)19-8-4-3-6-17(19)23/h3-8,14,16H,2,9-13,15H2,1H3. The number of piperidine rings is 1. The van der Waals surface area contributed by atoms with E-state index in [0.29, 0.717) is 31.2 Å². The number of rotatable bonds is 8. The predicted octanol–water partition coefficient (Wildman–Crippen LogP) is 3.78. The van der Waals surface area contributed by atoms with Gasteiger partial charge in [-0.25, -0.2) is 12.8 Å². The highest BCUT2D eigenvalue weighted by Crippen LogP contribution is 2.27. The Balaban J connectivity index is 1.40. The van der Waals surface area contributed by atoms with Crippen LogP contribution in [0.5, 0.6) is 0 Å². The quantitative estimate of drug-likeness (QED) is 0.475. The van der Waals surface area contributed by atoms with Gasteiger partial charge in [0.2, 0.25) is 21.8 Å². The van der Waals surface area contributed by atoms with E-state index in [0.717, 1.165) is 17.4 Å². The maximum Gasteiger partial charge on any atom is 0.257 e. The summed E-state index contributed by atoms with van der Waals surface area (Å²) < 4.78 is 46.7. The number of carbonyl (C=O) groups excluding carboxylic acids is 1. The zero-order valence-electron chi connectivity index (χ0n) is 18.2. The molecule has 1 amide bonds. The van der Waals surface area contributed by atoms with Crippen molar-refractivity contribution >= 4 is 27.3 Å². The molecular weight excluding hydrogens is 467 g/mol. The zero-order valence-corrected chi connectivity index (χ0v) is 19.8. The van der Waals surface area contributed by atoms with Crippen molar-refractivity contribution in [1.29, 1.82) is 0 Å². The molecule has 0 saturated carbocycles. The molecule has 4 rings (SSSR count). The molecule has 1 fully saturated rings. The maximum atomic E-state index is 14.0. The fraction of sp³-hybridized carbons (Fsp3) is 0.409. The van der Waals surface area contributed by atoms with E-state index in [1.165, 1.54) is 33.8 Å². The second-order valence-electron chi connectivity index (χ2n) is 7.85. The van der Waals surface area contributed by atoms with E-state index in [1.807, 2.05) is 24.4 Å². The summed E-state index contributed by atoms with van der Waals surface area (Å²) >= 11 is 1.49. The SMILES string of the molecule is CCCN(Cc1nnc(-c2cccs2)o1)C(=O)C1CCN(S(=O)(=O)c2ccccc2F)CC1. The van der Waals surface area contributed by atoms with Crippen molar-refractivity contribution in [2.45, 2.75) is 37.6 Å². The Morgan fingerprint density at radius 3 is 2.64 bits per heavy atom. The first kappa shape index (κ1) is 23.5. The van der Waals surface area contributed by atoms with Gasteiger partial charge in [-0.2, -0.15) is 4.31 Å². The van der Waals surface area contributed by atoms with Crippen LogP contribution in [-0.4, -0.2) is 53.4 Å². The van der Waals surface area contributed by atoms with Crippen molar-refractivity contribution in [2.24, 2.45) is 5.92 Å². The van der Waals surface area contributed by atoms with Gasteiger partial charge in [0.1, 0.15) is 10.7 Å². The second-order valence-corrected chi connectivity index (χ2v) is 10.7. The smallest absolute Gasteiger partial charge is 0.257 e. The third-order valence-electron chi connectivity index (χ3n) is 5.59. The van der Waals surface area contributed by atoms with E-state index >= 15 is 0 Å². The first-order valence-corrected chi connectivity index (χ1v) is 13.1. The molecule has 176 valence electrons. The van der Waals surface area contributed by atoms with Crippen LogP contribution < -0.4 is 0 Å². The second kappa shape index (κ2) is 10.1. The lowest BCUT2D eigenvalue weighted by Gasteiger charge is -2.33. The van der Waals surface area contributed by atoms with Gasteiger partial charge in [-0.3, -0.25) is 4.79 Å². The summed E-state index contributed by atoms with van der Waals surface area (Å²) in [5.74, 6) is -0.361. The Kier molecular flexibility index (Phi) is 7.20. The molecule has 8 nitrogen and oxygen atoms in total. The summed E-state index contributed by atoms with van der Waals surface area (Å²) in [4.78, 5) is 15.4. The fourth-order valence-corrected chi connectivity index (χ4v) is 6.09. The van der Waals surface area contributed by atoms with E-state index < -0.39 is 15.8 Å². The average Bonchev–Trinajstić information content (AvgIpc) is 3.51. The van der Waals surface area contributed by atoms with Gasteiger partial charge in [0, 0.05) is 25.6 Å². The van der Waals surface area contributed by atoms with Gasteiger partial charge < -0.3 is 9.32 Å². The molecule has 3 heterocycles. The van der Waals surface area contributed by atoms with Gasteiger partial charge in [-0.05, 0) is 42.8 Å². The Morgan fingerprint density at radius 1 is 1.21 bits per heavy atom. The minimum Gasteiger partial charge on any atom is -0.418 e. The van der Waals surface area contributed by atoms with Crippen LogP contribution in [0.25, 0.3) is 10.8 Å². The lowest BCUT2D eigenvalue weighted by molar-refractivity contribution is -0.137. The van der Waals surface area contributed by atoms with Gasteiger partial charge in [-0.15, -0.1) is 21.5 Å². The minimum absolute atomic E-state index is 0.0596. The number of hydrogen-bond acceptors (Lipinski definition) is 7. The molecule has 0 spiro atoms. The van der Waals surface area contributed by atoms with Crippen LogP contribution in [0.2, 0.25) is 0 Å². The highest BCUT2D eigenvalue weighted by atomic mass is 32.2. The van der Waals surface area contributed by atoms with Crippen LogP contribution in [0.1, 0.15) is 32.1 Å². The monoisotopic (exact) mass is 492 g/mol. The van der Waals surface area contributed by atoms with Crippen molar-refractivity contribution < 1.29 is 22.0 Å². The number of carbonyl (C=O) groups is 1. The number of halogens is 1. The number of benzene rings is 1. The molecule has 0 atom stereocenters. The lowest BCUT2D eigenvalue weighted by atomic mass is 9.96. The van der Waals surface area contributed by atoms with Crippen molar-refractivity contribution in [3.63, 3.8) is 0 Å². The van der Waals surface area contributed by atoms with Gasteiger partial charge in [0.05, 0.1) is 11.4 Å². The lowest BCUT2D eigenvalue weighted by Crippen LogP contribution is -2.44. The van der Waals surface area contributed by atoms with Crippen molar-refractivity contribution in [3.05, 3.63) is 53.5 Å². The third-order valence-corrected chi connectivity index (χ3v) is 8.38. The molecular formula is C22H25FN4O4S2. The van der Waals surface area contributed by atoms with Crippen LogP contribution >= 0.6 is 11.3 Å². The summed E-state index contributed by atoms with van der Waals surface area (Å²) in [5.41, 5.74) is 0. The van der Waals surface area contributed by atoms with Crippen LogP contribution in [-0.2, 0) is 21.4 Å². The predicted molar refractivity (Wildman–Crippen MR) is 121 cm³/mol. The number of nitrogens with zero attached hydrogens (tertiary/aromatic N) is 4. The molecule has 3 aromatic rings. The molecule has 33 heavy (non-hydrogen) atoms. The zero-order chi connectivity index (χ0) is 23.4. The fourth-order valence-electron chi connectivity index (χ4n) is 3.91. The highest BCUT2D eigenvalue weighted by Gasteiger charge is 2.35. The van der Waals surface area contributed by atoms with Gasteiger partial charge in [-0.1, -0.05) is 25.1 Å². The minimum atomic E-state index is -3.94. The van der Waals surface area contributed by atoms with Crippen LogP contribution in [0.3, 0.4) is 0 Å². The third kappa shape index (κ3) is 5.15. The van der Waals surface area contributed by atoms with E-state index in [-0.39, 0.29) is 36.4 Å². The molecule has 1 aromatic carbocycles. The number of thiophene rings is 1. The molecule has 1 saturated heterocycles. The molecule has 0 bridgehead atoms. The Morgan fingerprint density at radius 2 is 1.97 bits per heavy atom. The van der Waals surface area contributed by atoms with Crippen LogP contribution in [0.4, 0.5) is 4.39 Å². The molecule has 0 N–H and O–H groups in total. The van der Waals surface area contributed by atoms with E-state index in [2.05, 4.69) is 10.2 Å². The van der Waals surface area contributed by atoms with Gasteiger partial charge in [0.25, 0.3) is 5.89 Å². The summed E-state index contributed by atoms with van der Waals surface area (Å²) in [7, 11) is -3.94. The number of hydrogen-bond donors (Lipinski definition) is 0. The number of sulfonamides is 1. The van der Waals surface area contributed by atoms with E-state index in [1.54, 1.807) is 4.90 Å². The molecule has 0 aliphatic carbocycles. The largest absolute Gasteiger partial charge is 0.418 e. The molecule has 11 heteroatoms. The Bertz CT molecular complexity index is 1190. The summed E-state index contributed by atoms with van der Waals surface area (Å²) in [6.45, 7) is 3.04. The summed E-state index contributed by atoms with van der Waals surface area (Å²) in [5, 5.41) is 10.1. The first-order valence-electron chi connectivity index (χ1n) is 10.8. The van der Waals surface area contributed by atoms with Crippen molar-refractivity contribution in [1.82, 2.24) is 19.4 Å². The summed E-state index contributed by atoms with van der Waals surface area (Å²) in [6.07, 6.45) is 1.51. The number of amides is 1. The van der Waals surface area contributed by atoms with Crippen molar-refractivity contribution in [2.75, 3.05) is 19.6 Å². The molecule has 0 radical (unpaired) electrons. The highest BCUT2D eigenvalue weighted by molar-refractivity contribution is 7.89. The Hall–Kier alpha value is -2.63. The van der Waals surface area contributed by atoms with Gasteiger partial charge in [0.15, 0.2) is 0 Å². The normalized spacial score (nSPS) is 15.6. The number of aromatic nitrogens is 2. The van der Waals surface area contributed by atoms with Crippen LogP contribution in [0.15, 0.2) is 51.1 Å². The molecule has 1 aliphatic heterocycles. The van der Waals surface area contributed by atoms with Crippen molar-refractivity contribution in [3.8, 4) is 10.8 Å². The van der Waals surface area contributed by atoms with E-state index in [4.69, 9.17) is 4.42 Å². The molecule has 1 aliphatic rings. The van der Waals surface area contributed by atoms with Crippen LogP contribution in [0, 0.1) is 11.7 Å². The summed E-state index contributed by atoms with van der Waals surface area (Å²) in [6, 6.07) is 9.13.